The van der Waals surface area contributed by atoms with Crippen LogP contribution in [0, 0.1) is 5.41 Å². The Morgan fingerprint density at radius 2 is 2.44 bits per heavy atom. The highest BCUT2D eigenvalue weighted by Gasteiger charge is 2.43. The zero-order valence-corrected chi connectivity index (χ0v) is 10.6. The molecule has 1 saturated heterocycles. The average Bonchev–Trinajstić information content (AvgIpc) is 2.99. The Morgan fingerprint density at radius 1 is 1.61 bits per heavy atom. The number of aliphatic carboxylic acids is 1. The summed E-state index contributed by atoms with van der Waals surface area (Å²) in [6.07, 6.45) is 2.21. The van der Waals surface area contributed by atoms with Gasteiger partial charge in [-0.15, -0.1) is 0 Å². The number of carboxylic acids is 1. The van der Waals surface area contributed by atoms with Gasteiger partial charge in [-0.3, -0.25) is 9.69 Å². The third-order valence-corrected chi connectivity index (χ3v) is 3.49. The maximum absolute atomic E-state index is 11.4. The maximum Gasteiger partial charge on any atom is 0.313 e. The van der Waals surface area contributed by atoms with Crippen molar-refractivity contribution >= 4 is 5.97 Å². The summed E-state index contributed by atoms with van der Waals surface area (Å²) in [5.41, 5.74) is -0.761. The minimum atomic E-state index is -0.766. The van der Waals surface area contributed by atoms with Gasteiger partial charge in [-0.05, 0) is 25.1 Å². The molecule has 0 aliphatic carbocycles. The molecule has 1 aliphatic heterocycles. The Balaban J connectivity index is 2.02. The molecular weight excluding hydrogens is 234 g/mol. The van der Waals surface area contributed by atoms with E-state index in [9.17, 15) is 9.90 Å². The molecule has 0 bridgehead atoms. The number of hydrogen-bond acceptors (Lipinski definition) is 4. The minimum Gasteiger partial charge on any atom is -0.481 e. The first kappa shape index (κ1) is 13.1. The van der Waals surface area contributed by atoms with Gasteiger partial charge in [-0.25, -0.2) is 0 Å². The van der Waals surface area contributed by atoms with Crippen LogP contribution in [-0.2, 0) is 16.1 Å². The molecule has 0 spiro atoms. The van der Waals surface area contributed by atoms with Crippen LogP contribution in [0.15, 0.2) is 22.8 Å². The molecule has 1 fully saturated rings. The molecule has 1 N–H and O–H groups in total. The first-order chi connectivity index (χ1) is 8.66. The predicted octanol–water partition coefficient (Wildman–Crippen LogP) is 1.59. The first-order valence-corrected chi connectivity index (χ1v) is 6.22. The number of ether oxygens (including phenoxy) is 1. The lowest BCUT2D eigenvalue weighted by atomic mass is 9.86. The summed E-state index contributed by atoms with van der Waals surface area (Å²) in [5, 5.41) is 9.40. The Kier molecular flexibility index (Phi) is 4.04. The summed E-state index contributed by atoms with van der Waals surface area (Å²) in [7, 11) is 0. The predicted molar refractivity (Wildman–Crippen MR) is 65.2 cm³/mol. The Labute approximate surface area is 106 Å². The van der Waals surface area contributed by atoms with Crippen molar-refractivity contribution in [2.45, 2.75) is 19.9 Å². The monoisotopic (exact) mass is 253 g/mol. The van der Waals surface area contributed by atoms with Gasteiger partial charge in [-0.2, -0.15) is 0 Å². The lowest BCUT2D eigenvalue weighted by Crippen LogP contribution is -2.43. The van der Waals surface area contributed by atoms with Gasteiger partial charge in [0.05, 0.1) is 19.4 Å². The minimum absolute atomic E-state index is 0.303. The largest absolute Gasteiger partial charge is 0.481 e. The van der Waals surface area contributed by atoms with Gasteiger partial charge in [0.25, 0.3) is 0 Å². The van der Waals surface area contributed by atoms with Gasteiger partial charge < -0.3 is 14.3 Å². The SMILES string of the molecule is CCN(Cc1ccco1)CC1(C(=O)O)CCOC1. The van der Waals surface area contributed by atoms with E-state index in [-0.39, 0.29) is 0 Å². The van der Waals surface area contributed by atoms with Gasteiger partial charge in [0.15, 0.2) is 0 Å². The highest BCUT2D eigenvalue weighted by atomic mass is 16.5. The highest BCUT2D eigenvalue weighted by molar-refractivity contribution is 5.75. The molecule has 0 aromatic carbocycles. The maximum atomic E-state index is 11.4. The zero-order chi connectivity index (χ0) is 13.0. The Morgan fingerprint density at radius 3 is 2.94 bits per heavy atom. The van der Waals surface area contributed by atoms with Gasteiger partial charge in [-0.1, -0.05) is 6.92 Å². The van der Waals surface area contributed by atoms with Crippen molar-refractivity contribution in [1.82, 2.24) is 4.90 Å². The summed E-state index contributed by atoms with van der Waals surface area (Å²) in [6, 6.07) is 3.75. The van der Waals surface area contributed by atoms with Crippen LogP contribution in [0.4, 0.5) is 0 Å². The van der Waals surface area contributed by atoms with E-state index in [1.54, 1.807) is 6.26 Å². The molecule has 1 aromatic heterocycles. The molecule has 100 valence electrons. The fourth-order valence-electron chi connectivity index (χ4n) is 2.30. The Bertz CT molecular complexity index is 382. The van der Waals surface area contributed by atoms with Crippen LogP contribution in [-0.4, -0.2) is 42.3 Å². The molecule has 0 radical (unpaired) electrons. The van der Waals surface area contributed by atoms with Crippen LogP contribution in [0.3, 0.4) is 0 Å². The smallest absolute Gasteiger partial charge is 0.313 e. The van der Waals surface area contributed by atoms with E-state index in [4.69, 9.17) is 9.15 Å². The number of carbonyl (C=O) groups is 1. The average molecular weight is 253 g/mol. The van der Waals surface area contributed by atoms with E-state index < -0.39 is 11.4 Å². The second kappa shape index (κ2) is 5.54. The van der Waals surface area contributed by atoms with E-state index in [1.807, 2.05) is 19.1 Å². The molecule has 2 rings (SSSR count). The van der Waals surface area contributed by atoms with Crippen LogP contribution in [0.2, 0.25) is 0 Å². The number of furan rings is 1. The fraction of sp³-hybridized carbons (Fsp3) is 0.615. The standard InChI is InChI=1S/C13H19NO4/c1-2-14(8-11-4-3-6-18-11)9-13(12(15)16)5-7-17-10-13/h3-4,6H,2,5,7-10H2,1H3,(H,15,16). The van der Waals surface area contributed by atoms with E-state index in [1.165, 1.54) is 0 Å². The van der Waals surface area contributed by atoms with Gasteiger partial charge >= 0.3 is 5.97 Å². The lowest BCUT2D eigenvalue weighted by molar-refractivity contribution is -0.150. The molecule has 1 aromatic rings. The molecule has 18 heavy (non-hydrogen) atoms. The molecule has 1 atom stereocenters. The third kappa shape index (κ3) is 2.73. The van der Waals surface area contributed by atoms with Crippen LogP contribution >= 0.6 is 0 Å². The first-order valence-electron chi connectivity index (χ1n) is 6.22. The topological polar surface area (TPSA) is 62.9 Å². The number of nitrogens with zero attached hydrogens (tertiary/aromatic N) is 1. The molecule has 1 unspecified atom stereocenters. The molecule has 2 heterocycles. The highest BCUT2D eigenvalue weighted by Crippen LogP contribution is 2.30. The normalized spacial score (nSPS) is 23.7. The van der Waals surface area contributed by atoms with Crippen molar-refractivity contribution in [2.75, 3.05) is 26.3 Å². The van der Waals surface area contributed by atoms with Crippen molar-refractivity contribution in [2.24, 2.45) is 5.41 Å². The second-order valence-corrected chi connectivity index (χ2v) is 4.77. The van der Waals surface area contributed by atoms with Crippen LogP contribution in [0.1, 0.15) is 19.1 Å². The number of hydrogen-bond donors (Lipinski definition) is 1. The third-order valence-electron chi connectivity index (χ3n) is 3.49. The van der Waals surface area contributed by atoms with Crippen molar-refractivity contribution in [3.63, 3.8) is 0 Å². The van der Waals surface area contributed by atoms with Crippen molar-refractivity contribution < 1.29 is 19.1 Å². The summed E-state index contributed by atoms with van der Waals surface area (Å²) in [5.74, 6) is 0.0919. The van der Waals surface area contributed by atoms with Crippen LogP contribution in [0.25, 0.3) is 0 Å². The molecular formula is C13H19NO4. The second-order valence-electron chi connectivity index (χ2n) is 4.77. The molecule has 5 nitrogen and oxygen atoms in total. The van der Waals surface area contributed by atoms with E-state index in [2.05, 4.69) is 4.90 Å². The van der Waals surface area contributed by atoms with Gasteiger partial charge in [0, 0.05) is 13.2 Å². The summed E-state index contributed by atoms with van der Waals surface area (Å²) in [4.78, 5) is 13.5. The quantitative estimate of drug-likeness (QED) is 0.834. The van der Waals surface area contributed by atoms with Crippen molar-refractivity contribution in [3.05, 3.63) is 24.2 Å². The lowest BCUT2D eigenvalue weighted by Gasteiger charge is -2.29. The molecule has 5 heteroatoms. The van der Waals surface area contributed by atoms with Crippen LogP contribution < -0.4 is 0 Å². The molecule has 1 aliphatic rings. The van der Waals surface area contributed by atoms with Crippen molar-refractivity contribution in [3.8, 4) is 0 Å². The Hall–Kier alpha value is -1.33. The van der Waals surface area contributed by atoms with E-state index in [0.29, 0.717) is 32.7 Å². The summed E-state index contributed by atoms with van der Waals surface area (Å²) >= 11 is 0. The zero-order valence-electron chi connectivity index (χ0n) is 10.6. The summed E-state index contributed by atoms with van der Waals surface area (Å²) < 4.78 is 10.6. The van der Waals surface area contributed by atoms with Crippen molar-refractivity contribution in [1.29, 1.82) is 0 Å². The fourth-order valence-corrected chi connectivity index (χ4v) is 2.30. The number of carboxylic acid groups (broad SMARTS) is 1. The van der Waals surface area contributed by atoms with E-state index in [0.717, 1.165) is 12.3 Å². The van der Waals surface area contributed by atoms with Crippen LogP contribution in [0.5, 0.6) is 0 Å². The molecule has 0 amide bonds. The summed E-state index contributed by atoms with van der Waals surface area (Å²) in [6.45, 7) is 4.78. The molecule has 0 saturated carbocycles. The number of rotatable bonds is 6. The van der Waals surface area contributed by atoms with E-state index >= 15 is 0 Å². The van der Waals surface area contributed by atoms with Gasteiger partial charge in [0.1, 0.15) is 11.2 Å². The van der Waals surface area contributed by atoms with Gasteiger partial charge in [0.2, 0.25) is 0 Å².